The fourth-order valence-corrected chi connectivity index (χ4v) is 7.06. The van der Waals surface area contributed by atoms with Gasteiger partial charge in [-0.2, -0.15) is 0 Å². The Bertz CT molecular complexity index is 772. The molecule has 3 aliphatic carbocycles. The zero-order valence-electron chi connectivity index (χ0n) is 17.4. The molecule has 5 rings (SSSR count). The average molecular weight is 376 g/mol. The third-order valence-electron chi connectivity index (χ3n) is 8.78. The van der Waals surface area contributed by atoms with Gasteiger partial charge in [0.05, 0.1) is 7.85 Å². The zero-order valence-corrected chi connectivity index (χ0v) is 17.4. The first-order chi connectivity index (χ1) is 13.5. The number of ketones is 1. The van der Waals surface area contributed by atoms with Crippen molar-refractivity contribution in [2.24, 2.45) is 17.3 Å². The van der Waals surface area contributed by atoms with Crippen LogP contribution in [0.25, 0.3) is 0 Å². The Balaban J connectivity index is 1.37. The molecule has 1 heterocycles. The van der Waals surface area contributed by atoms with Crippen LogP contribution in [0.5, 0.6) is 0 Å². The first kappa shape index (κ1) is 18.7. The molecule has 28 heavy (non-hydrogen) atoms. The lowest BCUT2D eigenvalue weighted by Crippen LogP contribution is -2.43. The highest BCUT2D eigenvalue weighted by Gasteiger charge is 2.56. The van der Waals surface area contributed by atoms with E-state index in [-0.39, 0.29) is 11.2 Å². The first-order valence-electron chi connectivity index (χ1n) is 11.4. The maximum absolute atomic E-state index is 12.7. The van der Waals surface area contributed by atoms with Gasteiger partial charge in [-0.1, -0.05) is 13.0 Å². The number of benzene rings is 1. The van der Waals surface area contributed by atoms with Gasteiger partial charge in [-0.25, -0.2) is 0 Å². The Morgan fingerprint density at radius 3 is 2.71 bits per heavy atom. The van der Waals surface area contributed by atoms with Gasteiger partial charge in [-0.15, -0.1) is 0 Å². The first-order valence-corrected chi connectivity index (χ1v) is 11.4. The van der Waals surface area contributed by atoms with Gasteiger partial charge < -0.3 is 10.2 Å². The van der Waals surface area contributed by atoms with Crippen molar-refractivity contribution >= 4 is 19.3 Å². The molecule has 5 atom stereocenters. The van der Waals surface area contributed by atoms with E-state index in [1.165, 1.54) is 24.9 Å². The van der Waals surface area contributed by atoms with Crippen molar-refractivity contribution in [1.29, 1.82) is 0 Å². The minimum atomic E-state index is -0.224. The molecule has 3 nitrogen and oxygen atoms in total. The fourth-order valence-electron chi connectivity index (χ4n) is 7.06. The summed E-state index contributed by atoms with van der Waals surface area (Å²) in [5, 5.41) is 3.42. The minimum absolute atomic E-state index is 0.157. The summed E-state index contributed by atoms with van der Waals surface area (Å²) < 4.78 is 0. The number of Topliss-reactive ketones (excluding diaryl/α,β-unsaturated/α-hetero) is 1. The molecule has 1 aliphatic heterocycles. The molecule has 0 spiro atoms. The van der Waals surface area contributed by atoms with Crippen LogP contribution in [0, 0.1) is 17.3 Å². The van der Waals surface area contributed by atoms with Crippen molar-refractivity contribution in [3.8, 4) is 0 Å². The number of rotatable bonds is 2. The second kappa shape index (κ2) is 6.90. The van der Waals surface area contributed by atoms with Crippen LogP contribution in [0.4, 0.5) is 5.69 Å². The molecule has 0 aromatic heterocycles. The van der Waals surface area contributed by atoms with E-state index in [0.29, 0.717) is 29.6 Å². The summed E-state index contributed by atoms with van der Waals surface area (Å²) in [5.74, 6) is 1.87. The molecule has 4 aliphatic rings. The third-order valence-corrected chi connectivity index (χ3v) is 8.78. The van der Waals surface area contributed by atoms with Crippen molar-refractivity contribution in [3.05, 3.63) is 29.3 Å². The molecule has 5 unspecified atom stereocenters. The molecule has 1 N–H and O–H groups in total. The molecule has 3 fully saturated rings. The van der Waals surface area contributed by atoms with Crippen molar-refractivity contribution in [1.82, 2.24) is 5.32 Å². The standard InChI is InChI=1S/C24H33BN2O/c1-24-10-7-19-18-6-4-17(27-11-8-16(26-2)9-12-27)13-15(18)3-5-20(19)21(24)14-22(25)23(24)28/h4,6,13,16,19-22,26H,3,5,7-12,14H2,1-2H3. The average Bonchev–Trinajstić information content (AvgIpc) is 2.97. The number of anilines is 1. The molecule has 1 saturated heterocycles. The van der Waals surface area contributed by atoms with Gasteiger partial charge in [0.25, 0.3) is 0 Å². The van der Waals surface area contributed by atoms with E-state index < -0.39 is 0 Å². The van der Waals surface area contributed by atoms with Crippen LogP contribution in [0.1, 0.15) is 62.5 Å². The summed E-state index contributed by atoms with van der Waals surface area (Å²) in [6.45, 7) is 4.50. The molecule has 1 aromatic carbocycles. The number of nitrogens with one attached hydrogen (secondary N) is 1. The SMILES string of the molecule is [B]C1CC2C3CCc4cc(N5CCC(NC)CC5)ccc4C3CCC2(C)C1=O. The second-order valence-corrected chi connectivity index (χ2v) is 10.0. The van der Waals surface area contributed by atoms with E-state index in [1.807, 2.05) is 0 Å². The van der Waals surface area contributed by atoms with E-state index in [4.69, 9.17) is 7.85 Å². The van der Waals surface area contributed by atoms with Gasteiger partial charge >= 0.3 is 0 Å². The molecule has 148 valence electrons. The molecular weight excluding hydrogens is 343 g/mol. The van der Waals surface area contributed by atoms with Gasteiger partial charge in [0.1, 0.15) is 5.78 Å². The number of nitrogens with zero attached hydrogens (tertiary/aromatic N) is 1. The largest absolute Gasteiger partial charge is 0.371 e. The lowest BCUT2D eigenvalue weighted by Gasteiger charge is -2.48. The molecule has 2 saturated carbocycles. The Labute approximate surface area is 171 Å². The highest BCUT2D eigenvalue weighted by Crippen LogP contribution is 2.61. The topological polar surface area (TPSA) is 32.3 Å². The number of hydrogen-bond donors (Lipinski definition) is 1. The normalized spacial score (nSPS) is 38.1. The predicted molar refractivity (Wildman–Crippen MR) is 115 cm³/mol. The predicted octanol–water partition coefficient (Wildman–Crippen LogP) is 3.87. The highest BCUT2D eigenvalue weighted by atomic mass is 16.1. The van der Waals surface area contributed by atoms with Gasteiger partial charge in [0, 0.05) is 30.2 Å². The molecule has 0 amide bonds. The lowest BCUT2D eigenvalue weighted by molar-refractivity contribution is -0.129. The quantitative estimate of drug-likeness (QED) is 0.796. The van der Waals surface area contributed by atoms with Crippen molar-refractivity contribution in [2.75, 3.05) is 25.0 Å². The van der Waals surface area contributed by atoms with Crippen LogP contribution >= 0.6 is 0 Å². The monoisotopic (exact) mass is 376 g/mol. The molecule has 2 radical (unpaired) electrons. The summed E-state index contributed by atoms with van der Waals surface area (Å²) in [5.41, 5.74) is 4.38. The van der Waals surface area contributed by atoms with E-state index >= 15 is 0 Å². The Morgan fingerprint density at radius 1 is 1.18 bits per heavy atom. The van der Waals surface area contributed by atoms with E-state index in [1.54, 1.807) is 11.1 Å². The van der Waals surface area contributed by atoms with Crippen molar-refractivity contribution < 1.29 is 4.79 Å². The van der Waals surface area contributed by atoms with Crippen LogP contribution < -0.4 is 10.2 Å². The number of carbonyl (C=O) groups is 1. The molecule has 0 bridgehead atoms. The van der Waals surface area contributed by atoms with Gasteiger partial charge in [-0.05, 0) is 98.8 Å². The number of hydrogen-bond acceptors (Lipinski definition) is 3. The molecule has 1 aromatic rings. The maximum atomic E-state index is 12.7. The van der Waals surface area contributed by atoms with Crippen molar-refractivity contribution in [2.45, 2.75) is 69.6 Å². The number of carbonyl (C=O) groups excluding carboxylic acids is 1. The third kappa shape index (κ3) is 2.78. The fraction of sp³-hybridized carbons (Fsp3) is 0.708. The highest BCUT2D eigenvalue weighted by molar-refractivity contribution is 6.26. The minimum Gasteiger partial charge on any atom is -0.371 e. The van der Waals surface area contributed by atoms with Gasteiger partial charge in [-0.3, -0.25) is 4.79 Å². The maximum Gasteiger partial charge on any atom is 0.133 e. The zero-order chi connectivity index (χ0) is 19.5. The lowest BCUT2D eigenvalue weighted by atomic mass is 9.55. The summed E-state index contributed by atoms with van der Waals surface area (Å²) in [6.07, 6.45) is 7.92. The summed E-state index contributed by atoms with van der Waals surface area (Å²) in [4.78, 5) is 15.3. The Morgan fingerprint density at radius 2 is 1.96 bits per heavy atom. The van der Waals surface area contributed by atoms with Crippen LogP contribution in [0.3, 0.4) is 0 Å². The van der Waals surface area contributed by atoms with Gasteiger partial charge in [0.15, 0.2) is 0 Å². The van der Waals surface area contributed by atoms with Crippen LogP contribution in [-0.4, -0.2) is 39.8 Å². The van der Waals surface area contributed by atoms with E-state index in [2.05, 4.69) is 42.4 Å². The summed E-state index contributed by atoms with van der Waals surface area (Å²) >= 11 is 0. The smallest absolute Gasteiger partial charge is 0.133 e. The van der Waals surface area contributed by atoms with E-state index in [0.717, 1.165) is 38.8 Å². The van der Waals surface area contributed by atoms with Crippen LogP contribution in [0.15, 0.2) is 18.2 Å². The molecular formula is C24H33BN2O. The van der Waals surface area contributed by atoms with Crippen LogP contribution in [0.2, 0.25) is 5.82 Å². The van der Waals surface area contributed by atoms with Crippen LogP contribution in [-0.2, 0) is 11.2 Å². The molecule has 4 heteroatoms. The number of fused-ring (bicyclic) bond motifs is 5. The number of aryl methyl sites for hydroxylation is 1. The van der Waals surface area contributed by atoms with Gasteiger partial charge in [0.2, 0.25) is 0 Å². The Kier molecular flexibility index (Phi) is 4.61. The summed E-state index contributed by atoms with van der Waals surface area (Å²) in [6, 6.07) is 7.93. The van der Waals surface area contributed by atoms with E-state index in [9.17, 15) is 4.79 Å². The Hall–Kier alpha value is -1.29. The summed E-state index contributed by atoms with van der Waals surface area (Å²) in [7, 11) is 8.28. The van der Waals surface area contributed by atoms with Crippen molar-refractivity contribution in [3.63, 3.8) is 0 Å². The number of piperidine rings is 1. The second-order valence-electron chi connectivity index (χ2n) is 10.0.